The van der Waals surface area contributed by atoms with Crippen molar-refractivity contribution in [1.29, 1.82) is 0 Å². The van der Waals surface area contributed by atoms with E-state index < -0.39 is 0 Å². The van der Waals surface area contributed by atoms with Crippen LogP contribution in [0, 0.1) is 11.8 Å². The molecule has 17 heavy (non-hydrogen) atoms. The molecule has 98 valence electrons. The molecule has 2 aliphatic rings. The van der Waals surface area contributed by atoms with Gasteiger partial charge in [-0.25, -0.2) is 0 Å². The summed E-state index contributed by atoms with van der Waals surface area (Å²) in [6, 6.07) is 0.675. The van der Waals surface area contributed by atoms with E-state index in [0.29, 0.717) is 31.5 Å². The van der Waals surface area contributed by atoms with E-state index in [0.717, 1.165) is 12.5 Å². The Bertz CT molecular complexity index is 267. The van der Waals surface area contributed by atoms with Crippen LogP contribution in [0.2, 0.25) is 0 Å². The van der Waals surface area contributed by atoms with Gasteiger partial charge in [0, 0.05) is 19.0 Å². The summed E-state index contributed by atoms with van der Waals surface area (Å²) in [5.41, 5.74) is 0. The van der Waals surface area contributed by atoms with E-state index in [1.807, 2.05) is 0 Å². The molecule has 3 heteroatoms. The minimum absolute atomic E-state index is 0.117. The van der Waals surface area contributed by atoms with Crippen LogP contribution in [-0.4, -0.2) is 43.5 Å². The van der Waals surface area contributed by atoms with Crippen LogP contribution in [0.4, 0.5) is 0 Å². The molecule has 0 bridgehead atoms. The molecule has 2 rings (SSSR count). The summed E-state index contributed by atoms with van der Waals surface area (Å²) in [5.74, 6) is 1.35. The van der Waals surface area contributed by atoms with Crippen molar-refractivity contribution in [2.75, 3.05) is 26.8 Å². The monoisotopic (exact) mass is 239 g/mol. The average molecular weight is 239 g/mol. The number of nitrogens with zero attached hydrogens (tertiary/aromatic N) is 1. The van der Waals surface area contributed by atoms with E-state index >= 15 is 0 Å². The van der Waals surface area contributed by atoms with Crippen LogP contribution in [0.3, 0.4) is 0 Å². The molecule has 1 aliphatic heterocycles. The van der Waals surface area contributed by atoms with Crippen molar-refractivity contribution >= 4 is 5.78 Å². The maximum absolute atomic E-state index is 11.8. The number of rotatable bonds is 3. The van der Waals surface area contributed by atoms with Crippen molar-refractivity contribution in [3.63, 3.8) is 0 Å². The second kappa shape index (κ2) is 5.96. The maximum Gasteiger partial charge on any atom is 0.141 e. The Kier molecular flexibility index (Phi) is 4.57. The van der Waals surface area contributed by atoms with Gasteiger partial charge in [0.05, 0.1) is 19.1 Å². The Morgan fingerprint density at radius 1 is 1.41 bits per heavy atom. The number of ketones is 1. The molecule has 0 aromatic carbocycles. The first kappa shape index (κ1) is 13.0. The Balaban J connectivity index is 1.82. The van der Waals surface area contributed by atoms with Crippen molar-refractivity contribution in [3.05, 3.63) is 0 Å². The summed E-state index contributed by atoms with van der Waals surface area (Å²) in [7, 11) is 2.17. The molecule has 1 aliphatic carbocycles. The summed E-state index contributed by atoms with van der Waals surface area (Å²) < 4.78 is 5.41. The molecule has 1 saturated carbocycles. The molecule has 3 atom stereocenters. The lowest BCUT2D eigenvalue weighted by Crippen LogP contribution is -2.43. The molecule has 0 N–H and O–H groups in total. The van der Waals surface area contributed by atoms with Crippen molar-refractivity contribution < 1.29 is 9.53 Å². The molecule has 0 amide bonds. The Hall–Kier alpha value is -0.410. The van der Waals surface area contributed by atoms with Gasteiger partial charge >= 0.3 is 0 Å². The third-order valence-corrected chi connectivity index (χ3v) is 4.31. The molecule has 0 radical (unpaired) electrons. The van der Waals surface area contributed by atoms with Crippen LogP contribution < -0.4 is 0 Å². The highest BCUT2D eigenvalue weighted by molar-refractivity contribution is 5.82. The highest BCUT2D eigenvalue weighted by Gasteiger charge is 2.28. The molecule has 3 unspecified atom stereocenters. The third-order valence-electron chi connectivity index (χ3n) is 4.31. The largest absolute Gasteiger partial charge is 0.380 e. The first-order valence-corrected chi connectivity index (χ1v) is 6.97. The van der Waals surface area contributed by atoms with Gasteiger partial charge in [-0.1, -0.05) is 19.8 Å². The van der Waals surface area contributed by atoms with Crippen LogP contribution >= 0.6 is 0 Å². The zero-order valence-corrected chi connectivity index (χ0v) is 11.2. The van der Waals surface area contributed by atoms with E-state index in [2.05, 4.69) is 18.9 Å². The number of Topliss-reactive ketones (excluding diaryl/α,β-unsaturated/α-hetero) is 1. The summed E-state index contributed by atoms with van der Waals surface area (Å²) in [4.78, 5) is 14.2. The summed E-state index contributed by atoms with van der Waals surface area (Å²) >= 11 is 0. The number of carbonyl (C=O) groups is 1. The fourth-order valence-electron chi connectivity index (χ4n) is 3.15. The highest BCUT2D eigenvalue weighted by atomic mass is 16.5. The molecular weight excluding hydrogens is 214 g/mol. The topological polar surface area (TPSA) is 29.5 Å². The Morgan fingerprint density at radius 3 is 2.94 bits per heavy atom. The second-order valence-electron chi connectivity index (χ2n) is 5.85. The lowest BCUT2D eigenvalue weighted by atomic mass is 9.86. The average Bonchev–Trinajstić information content (AvgIpc) is 2.32. The molecule has 2 fully saturated rings. The number of carbonyl (C=O) groups excluding carboxylic acids is 1. The van der Waals surface area contributed by atoms with Gasteiger partial charge in [-0.05, 0) is 25.8 Å². The van der Waals surface area contributed by atoms with Crippen molar-refractivity contribution in [3.8, 4) is 0 Å². The van der Waals surface area contributed by atoms with Gasteiger partial charge in [-0.15, -0.1) is 0 Å². The SMILES string of the molecule is CC1CCCC(N(C)CC2COCCC2=O)C1. The zero-order valence-electron chi connectivity index (χ0n) is 11.2. The Morgan fingerprint density at radius 2 is 2.24 bits per heavy atom. The molecule has 0 aromatic heterocycles. The summed E-state index contributed by atoms with van der Waals surface area (Å²) in [6.45, 7) is 4.48. The van der Waals surface area contributed by atoms with Gasteiger partial charge in [0.25, 0.3) is 0 Å². The number of hydrogen-bond donors (Lipinski definition) is 0. The standard InChI is InChI=1S/C14H25NO2/c1-11-4-3-5-13(8-11)15(2)9-12-10-17-7-6-14(12)16/h11-13H,3-10H2,1-2H3. The van der Waals surface area contributed by atoms with Gasteiger partial charge in [0.2, 0.25) is 0 Å². The van der Waals surface area contributed by atoms with Crippen LogP contribution in [0.1, 0.15) is 39.0 Å². The van der Waals surface area contributed by atoms with E-state index in [4.69, 9.17) is 4.74 Å². The van der Waals surface area contributed by atoms with E-state index in [9.17, 15) is 4.79 Å². The normalized spacial score (nSPS) is 35.2. The van der Waals surface area contributed by atoms with Gasteiger partial charge < -0.3 is 9.64 Å². The first-order chi connectivity index (χ1) is 8.16. The van der Waals surface area contributed by atoms with Crippen molar-refractivity contribution in [1.82, 2.24) is 4.90 Å². The highest BCUT2D eigenvalue weighted by Crippen LogP contribution is 2.27. The quantitative estimate of drug-likeness (QED) is 0.755. The first-order valence-electron chi connectivity index (χ1n) is 6.97. The van der Waals surface area contributed by atoms with E-state index in [1.54, 1.807) is 0 Å². The number of hydrogen-bond acceptors (Lipinski definition) is 3. The number of ether oxygens (including phenoxy) is 1. The predicted octanol–water partition coefficient (Wildman–Crippen LogP) is 2.10. The Labute approximate surface area is 105 Å². The van der Waals surface area contributed by atoms with Gasteiger partial charge in [0.15, 0.2) is 0 Å². The van der Waals surface area contributed by atoms with Crippen LogP contribution in [0.25, 0.3) is 0 Å². The lowest BCUT2D eigenvalue weighted by molar-refractivity contribution is -0.131. The van der Waals surface area contributed by atoms with Crippen molar-refractivity contribution in [2.24, 2.45) is 11.8 Å². The summed E-state index contributed by atoms with van der Waals surface area (Å²) in [6.07, 6.45) is 5.90. The maximum atomic E-state index is 11.8. The lowest BCUT2D eigenvalue weighted by Gasteiger charge is -2.36. The summed E-state index contributed by atoms with van der Waals surface area (Å²) in [5, 5.41) is 0. The van der Waals surface area contributed by atoms with Gasteiger partial charge in [0.1, 0.15) is 5.78 Å². The molecule has 3 nitrogen and oxygen atoms in total. The van der Waals surface area contributed by atoms with Gasteiger partial charge in [-0.3, -0.25) is 4.79 Å². The van der Waals surface area contributed by atoms with Crippen LogP contribution in [0.15, 0.2) is 0 Å². The van der Waals surface area contributed by atoms with Crippen molar-refractivity contribution in [2.45, 2.75) is 45.1 Å². The van der Waals surface area contributed by atoms with Gasteiger partial charge in [-0.2, -0.15) is 0 Å². The minimum Gasteiger partial charge on any atom is -0.380 e. The molecule has 1 heterocycles. The van der Waals surface area contributed by atoms with Crippen LogP contribution in [0.5, 0.6) is 0 Å². The third kappa shape index (κ3) is 3.52. The predicted molar refractivity (Wildman–Crippen MR) is 68.0 cm³/mol. The van der Waals surface area contributed by atoms with E-state index in [1.165, 1.54) is 25.7 Å². The second-order valence-corrected chi connectivity index (χ2v) is 5.85. The molecule has 0 aromatic rings. The fraction of sp³-hybridized carbons (Fsp3) is 0.929. The molecule has 1 saturated heterocycles. The fourth-order valence-corrected chi connectivity index (χ4v) is 3.15. The zero-order chi connectivity index (χ0) is 12.3. The minimum atomic E-state index is 0.117. The van der Waals surface area contributed by atoms with E-state index in [-0.39, 0.29) is 5.92 Å². The molecular formula is C14H25NO2. The smallest absolute Gasteiger partial charge is 0.141 e. The van der Waals surface area contributed by atoms with Crippen LogP contribution in [-0.2, 0) is 9.53 Å². The molecule has 0 spiro atoms.